The van der Waals surface area contributed by atoms with E-state index in [1.54, 1.807) is 16.8 Å². The van der Waals surface area contributed by atoms with E-state index in [0.717, 1.165) is 38.6 Å². The summed E-state index contributed by atoms with van der Waals surface area (Å²) in [5, 5.41) is 3.09. The van der Waals surface area contributed by atoms with Crippen LogP contribution in [-0.2, 0) is 23.9 Å². The molecule has 3 amide bonds. The molecule has 2 rings (SSSR count). The monoisotopic (exact) mass is 551 g/mol. The highest BCUT2D eigenvalue weighted by atomic mass is 16.5. The van der Waals surface area contributed by atoms with Gasteiger partial charge in [0.05, 0.1) is 19.7 Å². The molecule has 2 aliphatic heterocycles. The van der Waals surface area contributed by atoms with E-state index in [-0.39, 0.29) is 48.2 Å². The topological polar surface area (TPSA) is 102 Å². The van der Waals surface area contributed by atoms with Gasteiger partial charge in [0.1, 0.15) is 12.1 Å². The molecule has 0 aliphatic carbocycles. The van der Waals surface area contributed by atoms with Crippen LogP contribution < -0.4 is 5.32 Å². The Bertz CT molecular complexity index is 857. The highest BCUT2D eigenvalue weighted by molar-refractivity contribution is 5.90. The maximum absolute atomic E-state index is 13.9. The van der Waals surface area contributed by atoms with Gasteiger partial charge in [-0.15, -0.1) is 0 Å². The van der Waals surface area contributed by atoms with E-state index in [4.69, 9.17) is 4.74 Å². The molecule has 0 aromatic rings. The molecule has 39 heavy (non-hydrogen) atoms. The van der Waals surface area contributed by atoms with Gasteiger partial charge in [-0.25, -0.2) is 4.79 Å². The zero-order chi connectivity index (χ0) is 29.5. The van der Waals surface area contributed by atoms with Gasteiger partial charge < -0.3 is 19.9 Å². The predicted octanol–water partition coefficient (Wildman–Crippen LogP) is 1.97. The summed E-state index contributed by atoms with van der Waals surface area (Å²) in [7, 11) is 6.97. The number of hydrogen-bond donors (Lipinski definition) is 1. The molecule has 224 valence electrons. The number of likely N-dealkylation sites (N-methyl/N-ethyl adjacent to an activating group) is 3. The first-order valence-electron chi connectivity index (χ1n) is 14.5. The standard InChI is InChI=1S/C29H53N5O5/c1-20(2)23(18-31(6)19-24(35)34-17-13-11-15-22(34)28(38)39-9)33(8)27(37)25(29(3,4)5)30-26(36)21-14-10-12-16-32(21)7/h20-23,25H,10-19H2,1-9H3,(H,30,36)/t21?,22?,23-,25?/m1/s1. The van der Waals surface area contributed by atoms with Crippen molar-refractivity contribution < 1.29 is 23.9 Å². The molecule has 4 atom stereocenters. The van der Waals surface area contributed by atoms with Crippen molar-refractivity contribution in [2.75, 3.05) is 54.4 Å². The SMILES string of the molecule is COC(=O)C1CCCCN1C(=O)CN(C)C[C@H](C(C)C)N(C)C(=O)C(NC(=O)C1CCCCN1C)C(C)(C)C. The molecule has 0 radical (unpaired) electrons. The lowest BCUT2D eigenvalue weighted by Gasteiger charge is -2.41. The molecule has 0 spiro atoms. The quantitative estimate of drug-likeness (QED) is 0.414. The highest BCUT2D eigenvalue weighted by Crippen LogP contribution is 2.25. The fourth-order valence-electron chi connectivity index (χ4n) is 5.76. The minimum atomic E-state index is -0.673. The van der Waals surface area contributed by atoms with Crippen LogP contribution >= 0.6 is 0 Å². The van der Waals surface area contributed by atoms with Crippen LogP contribution in [0, 0.1) is 11.3 Å². The molecule has 0 saturated carbocycles. The third-order valence-electron chi connectivity index (χ3n) is 8.29. The molecular weight excluding hydrogens is 498 g/mol. The largest absolute Gasteiger partial charge is 0.467 e. The van der Waals surface area contributed by atoms with Crippen molar-refractivity contribution in [3.05, 3.63) is 0 Å². The summed E-state index contributed by atoms with van der Waals surface area (Å²) in [6, 6.07) is -1.60. The van der Waals surface area contributed by atoms with Crippen molar-refractivity contribution >= 4 is 23.7 Å². The third kappa shape index (κ3) is 8.90. The second-order valence-corrected chi connectivity index (χ2v) is 12.9. The molecule has 1 N–H and O–H groups in total. The molecule has 2 aliphatic rings. The van der Waals surface area contributed by atoms with Crippen LogP contribution in [0.15, 0.2) is 0 Å². The maximum atomic E-state index is 13.9. The number of esters is 1. The summed E-state index contributed by atoms with van der Waals surface area (Å²) in [5.41, 5.74) is -0.477. The number of carbonyl (C=O) groups is 4. The van der Waals surface area contributed by atoms with Gasteiger partial charge in [0.2, 0.25) is 17.7 Å². The Morgan fingerprint density at radius 2 is 1.56 bits per heavy atom. The molecule has 2 fully saturated rings. The molecule has 2 saturated heterocycles. The molecule has 0 bridgehead atoms. The fourth-order valence-corrected chi connectivity index (χ4v) is 5.76. The van der Waals surface area contributed by atoms with Gasteiger partial charge in [0.25, 0.3) is 0 Å². The Hall–Kier alpha value is -2.20. The minimum absolute atomic E-state index is 0.0932. The third-order valence-corrected chi connectivity index (χ3v) is 8.29. The molecule has 0 aromatic carbocycles. The first-order chi connectivity index (χ1) is 18.2. The lowest BCUT2D eigenvalue weighted by Crippen LogP contribution is -2.60. The van der Waals surface area contributed by atoms with E-state index >= 15 is 0 Å². The van der Waals surface area contributed by atoms with Crippen molar-refractivity contribution in [3.63, 3.8) is 0 Å². The van der Waals surface area contributed by atoms with Gasteiger partial charge in [-0.2, -0.15) is 0 Å². The number of amides is 3. The van der Waals surface area contributed by atoms with Gasteiger partial charge in [0, 0.05) is 26.2 Å². The number of piperidine rings is 2. The average molecular weight is 552 g/mol. The van der Waals surface area contributed by atoms with Crippen LogP contribution in [-0.4, -0.2) is 122 Å². The number of methoxy groups -OCH3 is 1. The summed E-state index contributed by atoms with van der Waals surface area (Å²) in [6.07, 6.45) is 5.26. The number of nitrogens with zero attached hydrogens (tertiary/aromatic N) is 4. The Balaban J connectivity index is 2.11. The van der Waals surface area contributed by atoms with Gasteiger partial charge in [0.15, 0.2) is 0 Å². The van der Waals surface area contributed by atoms with E-state index in [0.29, 0.717) is 19.5 Å². The number of rotatable bonds is 10. The van der Waals surface area contributed by atoms with Gasteiger partial charge >= 0.3 is 5.97 Å². The van der Waals surface area contributed by atoms with Crippen LogP contribution in [0.1, 0.15) is 73.1 Å². The Labute approximate surface area is 235 Å². The zero-order valence-corrected chi connectivity index (χ0v) is 25.8. The number of likely N-dealkylation sites (tertiary alicyclic amines) is 2. The number of ether oxygens (including phenoxy) is 1. The Morgan fingerprint density at radius 3 is 2.10 bits per heavy atom. The van der Waals surface area contributed by atoms with Crippen LogP contribution in [0.5, 0.6) is 0 Å². The first kappa shape index (κ1) is 33.0. The summed E-state index contributed by atoms with van der Waals surface area (Å²) in [5.74, 6) is -0.583. The van der Waals surface area contributed by atoms with Crippen molar-refractivity contribution in [3.8, 4) is 0 Å². The second kappa shape index (κ2) is 14.4. The van der Waals surface area contributed by atoms with E-state index < -0.39 is 17.5 Å². The Morgan fingerprint density at radius 1 is 0.974 bits per heavy atom. The average Bonchev–Trinajstić information content (AvgIpc) is 2.88. The number of hydrogen-bond acceptors (Lipinski definition) is 7. The minimum Gasteiger partial charge on any atom is -0.467 e. The second-order valence-electron chi connectivity index (χ2n) is 12.9. The van der Waals surface area contributed by atoms with Crippen molar-refractivity contribution in [1.82, 2.24) is 24.9 Å². The molecule has 10 heteroatoms. The van der Waals surface area contributed by atoms with Crippen molar-refractivity contribution in [2.24, 2.45) is 11.3 Å². The lowest BCUT2D eigenvalue weighted by atomic mass is 9.84. The zero-order valence-electron chi connectivity index (χ0n) is 25.8. The fraction of sp³-hybridized carbons (Fsp3) is 0.862. The highest BCUT2D eigenvalue weighted by Gasteiger charge is 2.40. The smallest absolute Gasteiger partial charge is 0.328 e. The summed E-state index contributed by atoms with van der Waals surface area (Å²) in [4.78, 5) is 59.9. The normalized spacial score (nSPS) is 22.4. The molecular formula is C29H53N5O5. The summed E-state index contributed by atoms with van der Waals surface area (Å²) < 4.78 is 4.93. The molecule has 10 nitrogen and oxygen atoms in total. The van der Waals surface area contributed by atoms with E-state index in [9.17, 15) is 19.2 Å². The van der Waals surface area contributed by atoms with Gasteiger partial charge in [-0.3, -0.25) is 24.2 Å². The Kier molecular flexibility index (Phi) is 12.2. The van der Waals surface area contributed by atoms with Crippen molar-refractivity contribution in [2.45, 2.75) is 97.3 Å². The maximum Gasteiger partial charge on any atom is 0.328 e. The molecule has 2 heterocycles. The summed E-state index contributed by atoms with van der Waals surface area (Å²) in [6.45, 7) is 12.1. The molecule has 0 aromatic heterocycles. The van der Waals surface area contributed by atoms with E-state index in [1.807, 2.05) is 39.8 Å². The predicted molar refractivity (Wildman–Crippen MR) is 152 cm³/mol. The van der Waals surface area contributed by atoms with Crippen LogP contribution in [0.3, 0.4) is 0 Å². The lowest BCUT2D eigenvalue weighted by molar-refractivity contribution is -0.155. The number of nitrogens with one attached hydrogen (secondary N) is 1. The molecule has 3 unspecified atom stereocenters. The van der Waals surface area contributed by atoms with Gasteiger partial charge in [-0.05, 0) is 64.1 Å². The van der Waals surface area contributed by atoms with Crippen LogP contribution in [0.2, 0.25) is 0 Å². The van der Waals surface area contributed by atoms with E-state index in [2.05, 4.69) is 24.1 Å². The van der Waals surface area contributed by atoms with E-state index in [1.165, 1.54) is 7.11 Å². The van der Waals surface area contributed by atoms with Gasteiger partial charge in [-0.1, -0.05) is 41.0 Å². The van der Waals surface area contributed by atoms with Crippen LogP contribution in [0.4, 0.5) is 0 Å². The first-order valence-corrected chi connectivity index (χ1v) is 14.5. The van der Waals surface area contributed by atoms with Crippen LogP contribution in [0.25, 0.3) is 0 Å². The number of carbonyl (C=O) groups excluding carboxylic acids is 4. The van der Waals surface area contributed by atoms with Crippen molar-refractivity contribution in [1.29, 1.82) is 0 Å². The summed E-state index contributed by atoms with van der Waals surface area (Å²) >= 11 is 0.